The summed E-state index contributed by atoms with van der Waals surface area (Å²) in [6.45, 7) is 1.73. The van der Waals surface area contributed by atoms with Gasteiger partial charge in [-0.25, -0.2) is 0 Å². The van der Waals surface area contributed by atoms with Crippen molar-refractivity contribution in [3.63, 3.8) is 0 Å². The fraction of sp³-hybridized carbons (Fsp3) is 0.0769. The van der Waals surface area contributed by atoms with Crippen LogP contribution < -0.4 is 10.7 Å². The molecule has 0 aliphatic rings. The first-order chi connectivity index (χ1) is 9.38. The number of hydrogen-bond acceptors (Lipinski definition) is 2. The van der Waals surface area contributed by atoms with Crippen molar-refractivity contribution in [3.05, 3.63) is 60.4 Å². The van der Waals surface area contributed by atoms with Gasteiger partial charge in [0.05, 0.1) is 15.7 Å². The van der Waals surface area contributed by atoms with Crippen molar-refractivity contribution >= 4 is 50.7 Å². The summed E-state index contributed by atoms with van der Waals surface area (Å²) in [6, 6.07) is 4.55. The van der Waals surface area contributed by atoms with E-state index in [0.29, 0.717) is 10.2 Å². The molecule has 0 saturated heterocycles. The summed E-state index contributed by atoms with van der Waals surface area (Å²) in [6.07, 6.45) is 1.35. The summed E-state index contributed by atoms with van der Waals surface area (Å²) < 4.78 is 0.693. The molecule has 0 radical (unpaired) electrons. The van der Waals surface area contributed by atoms with Crippen molar-refractivity contribution in [2.45, 2.75) is 6.92 Å². The van der Waals surface area contributed by atoms with E-state index in [1.807, 2.05) is 0 Å². The Morgan fingerprint density at radius 2 is 1.85 bits per heavy atom. The van der Waals surface area contributed by atoms with Crippen LogP contribution in [0.2, 0.25) is 10.0 Å². The van der Waals surface area contributed by atoms with Gasteiger partial charge in [0, 0.05) is 22.4 Å². The number of rotatable bonds is 2. The highest BCUT2D eigenvalue weighted by Gasteiger charge is 2.15. The zero-order valence-corrected chi connectivity index (χ0v) is 13.4. The Hall–Kier alpha value is -1.30. The van der Waals surface area contributed by atoms with E-state index in [1.165, 1.54) is 12.3 Å². The van der Waals surface area contributed by atoms with Gasteiger partial charge in [-0.05, 0) is 19.1 Å². The predicted molar refractivity (Wildman–Crippen MR) is 83.9 cm³/mol. The minimum Gasteiger partial charge on any atom is -0.364 e. The molecule has 0 bridgehead atoms. The zero-order valence-electron chi connectivity index (χ0n) is 10.3. The normalized spacial score (nSPS) is 10.4. The van der Waals surface area contributed by atoms with Gasteiger partial charge in [0.2, 0.25) is 0 Å². The Labute approximate surface area is 133 Å². The third kappa shape index (κ3) is 3.23. The van der Waals surface area contributed by atoms with E-state index in [-0.39, 0.29) is 26.7 Å². The molecular weight excluding hydrogens is 367 g/mol. The van der Waals surface area contributed by atoms with Crippen LogP contribution in [0.15, 0.2) is 33.7 Å². The smallest absolute Gasteiger partial charge is 0.261 e. The Kier molecular flexibility index (Phi) is 4.52. The number of nitrogens with one attached hydrogen (secondary N) is 2. The van der Waals surface area contributed by atoms with Crippen molar-refractivity contribution in [2.24, 2.45) is 0 Å². The van der Waals surface area contributed by atoms with Crippen molar-refractivity contribution in [1.82, 2.24) is 4.98 Å². The average molecular weight is 376 g/mol. The van der Waals surface area contributed by atoms with Gasteiger partial charge in [-0.15, -0.1) is 0 Å². The molecule has 20 heavy (non-hydrogen) atoms. The first-order valence-electron chi connectivity index (χ1n) is 5.53. The maximum atomic E-state index is 12.1. The number of carbonyl (C=O) groups excluding carboxylic acids is 1. The van der Waals surface area contributed by atoms with Crippen molar-refractivity contribution in [1.29, 1.82) is 0 Å². The van der Waals surface area contributed by atoms with E-state index in [4.69, 9.17) is 23.2 Å². The summed E-state index contributed by atoms with van der Waals surface area (Å²) in [4.78, 5) is 26.6. The number of aromatic nitrogens is 1. The van der Waals surface area contributed by atoms with E-state index in [1.54, 1.807) is 19.1 Å². The summed E-state index contributed by atoms with van der Waals surface area (Å²) in [5.74, 6) is -0.572. The zero-order chi connectivity index (χ0) is 14.9. The Morgan fingerprint density at radius 3 is 2.40 bits per heavy atom. The number of amides is 1. The number of pyridine rings is 1. The van der Waals surface area contributed by atoms with Crippen molar-refractivity contribution in [2.75, 3.05) is 5.32 Å². The maximum absolute atomic E-state index is 12.1. The highest BCUT2D eigenvalue weighted by molar-refractivity contribution is 9.10. The second-order valence-electron chi connectivity index (χ2n) is 4.09. The van der Waals surface area contributed by atoms with E-state index in [2.05, 4.69) is 26.2 Å². The molecule has 1 heterocycles. The molecule has 0 saturated carbocycles. The van der Waals surface area contributed by atoms with Crippen molar-refractivity contribution in [3.8, 4) is 0 Å². The molecule has 0 atom stereocenters. The number of anilines is 1. The van der Waals surface area contributed by atoms with E-state index in [0.717, 1.165) is 0 Å². The minimum absolute atomic E-state index is 0.00866. The number of H-pyrrole nitrogens is 1. The third-order valence-electron chi connectivity index (χ3n) is 2.55. The molecule has 104 valence electrons. The maximum Gasteiger partial charge on any atom is 0.261 e. The number of carbonyl (C=O) groups is 1. The Bertz CT molecular complexity index is 720. The van der Waals surface area contributed by atoms with Gasteiger partial charge in [0.1, 0.15) is 5.56 Å². The van der Waals surface area contributed by atoms with Crippen LogP contribution in [0.3, 0.4) is 0 Å². The number of benzene rings is 1. The first-order valence-corrected chi connectivity index (χ1v) is 7.08. The monoisotopic (exact) mass is 374 g/mol. The predicted octanol–water partition coefficient (Wildman–Crippen LogP) is 4.00. The van der Waals surface area contributed by atoms with Gasteiger partial charge in [-0.2, -0.15) is 0 Å². The third-order valence-corrected chi connectivity index (χ3v) is 3.60. The van der Waals surface area contributed by atoms with Crippen LogP contribution in [0.4, 0.5) is 5.69 Å². The Morgan fingerprint density at radius 1 is 1.25 bits per heavy atom. The van der Waals surface area contributed by atoms with Crippen LogP contribution in [-0.4, -0.2) is 10.9 Å². The number of halogens is 3. The molecule has 1 aromatic carbocycles. The van der Waals surface area contributed by atoms with Crippen LogP contribution in [0.1, 0.15) is 16.1 Å². The minimum atomic E-state index is -0.572. The van der Waals surface area contributed by atoms with Crippen LogP contribution >= 0.6 is 39.1 Å². The fourth-order valence-electron chi connectivity index (χ4n) is 1.59. The Balaban J connectivity index is 2.35. The summed E-state index contributed by atoms with van der Waals surface area (Å²) >= 11 is 15.3. The van der Waals surface area contributed by atoms with Crippen LogP contribution in [-0.2, 0) is 0 Å². The molecule has 0 aliphatic carbocycles. The molecule has 0 fully saturated rings. The molecule has 1 amide bonds. The standard InChI is InChI=1S/C13H9BrCl2N2O2/c1-6-2-11(19)8(5-17-6)13(20)18-12-9(15)3-7(14)4-10(12)16/h2-5H,1H3,(H,17,19)(H,18,20). The molecule has 4 nitrogen and oxygen atoms in total. The molecule has 7 heteroatoms. The molecule has 2 rings (SSSR count). The fourth-order valence-corrected chi connectivity index (χ4v) is 2.90. The van der Waals surface area contributed by atoms with Gasteiger partial charge in [0.15, 0.2) is 5.43 Å². The van der Waals surface area contributed by atoms with E-state index >= 15 is 0 Å². The lowest BCUT2D eigenvalue weighted by molar-refractivity contribution is 0.102. The molecule has 0 aliphatic heterocycles. The highest BCUT2D eigenvalue weighted by atomic mass is 79.9. The van der Waals surface area contributed by atoms with Crippen LogP contribution in [0.5, 0.6) is 0 Å². The molecular formula is C13H9BrCl2N2O2. The SMILES string of the molecule is Cc1cc(=O)c(C(=O)Nc2c(Cl)cc(Br)cc2Cl)c[nH]1. The largest absolute Gasteiger partial charge is 0.364 e. The average Bonchev–Trinajstić information content (AvgIpc) is 2.33. The van der Waals surface area contributed by atoms with E-state index in [9.17, 15) is 9.59 Å². The van der Waals surface area contributed by atoms with Crippen LogP contribution in [0, 0.1) is 6.92 Å². The summed E-state index contributed by atoms with van der Waals surface area (Å²) in [7, 11) is 0. The highest BCUT2D eigenvalue weighted by Crippen LogP contribution is 2.33. The number of hydrogen-bond donors (Lipinski definition) is 2. The van der Waals surface area contributed by atoms with Gasteiger partial charge in [0.25, 0.3) is 5.91 Å². The molecule has 0 spiro atoms. The molecule has 2 aromatic rings. The lowest BCUT2D eigenvalue weighted by Gasteiger charge is -2.09. The molecule has 1 aromatic heterocycles. The van der Waals surface area contributed by atoms with Crippen molar-refractivity contribution < 1.29 is 4.79 Å². The van der Waals surface area contributed by atoms with E-state index < -0.39 is 5.91 Å². The molecule has 0 unspecified atom stereocenters. The topological polar surface area (TPSA) is 62.0 Å². The van der Waals surface area contributed by atoms with Gasteiger partial charge in [-0.1, -0.05) is 39.1 Å². The lowest BCUT2D eigenvalue weighted by Crippen LogP contribution is -2.21. The summed E-state index contributed by atoms with van der Waals surface area (Å²) in [5, 5.41) is 3.10. The quantitative estimate of drug-likeness (QED) is 0.833. The lowest BCUT2D eigenvalue weighted by atomic mass is 10.2. The second-order valence-corrected chi connectivity index (χ2v) is 5.82. The number of aryl methyl sites for hydroxylation is 1. The summed E-state index contributed by atoms with van der Waals surface area (Å²) in [5.41, 5.74) is 0.557. The molecule has 2 N–H and O–H groups in total. The second kappa shape index (κ2) is 5.99. The first kappa shape index (κ1) is 15.1. The van der Waals surface area contributed by atoms with Gasteiger partial charge in [-0.3, -0.25) is 9.59 Å². The van der Waals surface area contributed by atoms with Crippen LogP contribution in [0.25, 0.3) is 0 Å². The number of aromatic amines is 1. The van der Waals surface area contributed by atoms with Gasteiger partial charge < -0.3 is 10.3 Å². The van der Waals surface area contributed by atoms with Gasteiger partial charge >= 0.3 is 0 Å².